The van der Waals surface area contributed by atoms with Gasteiger partial charge >= 0.3 is 0 Å². The molecule has 1 heterocycles. The molecule has 8 nitrogen and oxygen atoms in total. The lowest BCUT2D eigenvalue weighted by molar-refractivity contribution is 0.0964. The Morgan fingerprint density at radius 2 is 1.74 bits per heavy atom. The predicted molar refractivity (Wildman–Crippen MR) is 145 cm³/mol. The van der Waals surface area contributed by atoms with Gasteiger partial charge in [-0.2, -0.15) is 0 Å². The number of hydrogen-bond donors (Lipinski definition) is 1. The first-order valence-electron chi connectivity index (χ1n) is 11.9. The van der Waals surface area contributed by atoms with Crippen LogP contribution in [0, 0.1) is 5.82 Å². The lowest BCUT2D eigenvalue weighted by Crippen LogP contribution is -2.30. The summed E-state index contributed by atoms with van der Waals surface area (Å²) < 4.78 is 58.2. The SMILES string of the molecule is CNC(=O)c1c(-c2ccc(F)cc2)oc2cc(N(Cc3ccc(OC)cc3)S(C)(=O)=O)c(OC(C)C)cc12. The minimum atomic E-state index is -3.78. The molecule has 0 saturated carbocycles. The van der Waals surface area contributed by atoms with Crippen molar-refractivity contribution in [1.29, 1.82) is 0 Å². The Hall–Kier alpha value is -4.05. The molecule has 0 unspecified atom stereocenters. The second kappa shape index (κ2) is 10.7. The number of sulfonamides is 1. The lowest BCUT2D eigenvalue weighted by Gasteiger charge is -2.26. The van der Waals surface area contributed by atoms with Gasteiger partial charge in [-0.15, -0.1) is 0 Å². The third-order valence-electron chi connectivity index (χ3n) is 5.85. The van der Waals surface area contributed by atoms with Crippen molar-refractivity contribution < 1.29 is 31.5 Å². The number of carbonyl (C=O) groups is 1. The molecule has 0 atom stereocenters. The molecule has 1 aromatic heterocycles. The summed E-state index contributed by atoms with van der Waals surface area (Å²) in [7, 11) is -0.730. The molecule has 0 spiro atoms. The molecule has 4 aromatic rings. The van der Waals surface area contributed by atoms with E-state index in [0.29, 0.717) is 16.7 Å². The Kier molecular flexibility index (Phi) is 7.63. The van der Waals surface area contributed by atoms with Gasteiger partial charge in [-0.25, -0.2) is 12.8 Å². The smallest absolute Gasteiger partial charge is 0.255 e. The van der Waals surface area contributed by atoms with Crippen LogP contribution in [0.25, 0.3) is 22.3 Å². The fourth-order valence-corrected chi connectivity index (χ4v) is 4.97. The Labute approximate surface area is 221 Å². The molecular formula is C28H29FN2O6S. The largest absolute Gasteiger partial charge is 0.497 e. The van der Waals surface area contributed by atoms with Gasteiger partial charge in [-0.05, 0) is 61.9 Å². The summed E-state index contributed by atoms with van der Waals surface area (Å²) in [4.78, 5) is 13.0. The van der Waals surface area contributed by atoms with Gasteiger partial charge in [0.1, 0.15) is 28.7 Å². The predicted octanol–water partition coefficient (Wildman–Crippen LogP) is 5.36. The number of carbonyl (C=O) groups excluding carboxylic acids is 1. The zero-order valence-corrected chi connectivity index (χ0v) is 22.6. The first-order chi connectivity index (χ1) is 18.0. The fraction of sp³-hybridized carbons (Fsp3) is 0.250. The van der Waals surface area contributed by atoms with Crippen molar-refractivity contribution in [2.24, 2.45) is 0 Å². The van der Waals surface area contributed by atoms with E-state index < -0.39 is 21.7 Å². The second-order valence-electron chi connectivity index (χ2n) is 8.99. The normalized spacial score (nSPS) is 11.6. The highest BCUT2D eigenvalue weighted by Crippen LogP contribution is 2.42. The molecule has 0 fully saturated rings. The van der Waals surface area contributed by atoms with E-state index in [-0.39, 0.29) is 41.0 Å². The van der Waals surface area contributed by atoms with Crippen LogP contribution in [0.1, 0.15) is 29.8 Å². The van der Waals surface area contributed by atoms with Gasteiger partial charge < -0.3 is 19.2 Å². The van der Waals surface area contributed by atoms with Crippen molar-refractivity contribution in [2.45, 2.75) is 26.5 Å². The maximum atomic E-state index is 13.6. The highest BCUT2D eigenvalue weighted by atomic mass is 32.2. The van der Waals surface area contributed by atoms with E-state index in [1.165, 1.54) is 35.6 Å². The summed E-state index contributed by atoms with van der Waals surface area (Å²) in [6, 6.07) is 15.8. The maximum Gasteiger partial charge on any atom is 0.255 e. The standard InChI is InChI=1S/C28H29FN2O6S/c1-17(2)36-25-14-22-24(37-27(26(22)28(32)30-3)19-8-10-20(29)11-9-19)15-23(25)31(38(5,33)34)16-18-6-12-21(35-4)13-7-18/h6-15,17H,16H2,1-5H3,(H,30,32). The van der Waals surface area contributed by atoms with Crippen molar-refractivity contribution in [3.63, 3.8) is 0 Å². The topological polar surface area (TPSA) is 98.1 Å². The molecule has 0 bridgehead atoms. The van der Waals surface area contributed by atoms with Gasteiger partial charge in [0.15, 0.2) is 0 Å². The van der Waals surface area contributed by atoms with Gasteiger partial charge in [-0.1, -0.05) is 12.1 Å². The summed E-state index contributed by atoms with van der Waals surface area (Å²) in [5, 5.41) is 3.05. The van der Waals surface area contributed by atoms with E-state index in [0.717, 1.165) is 11.8 Å². The highest BCUT2D eigenvalue weighted by molar-refractivity contribution is 7.92. The maximum absolute atomic E-state index is 13.6. The van der Waals surface area contributed by atoms with E-state index in [1.807, 2.05) is 13.8 Å². The zero-order chi connectivity index (χ0) is 27.6. The average Bonchev–Trinajstić information content (AvgIpc) is 3.24. The fourth-order valence-electron chi connectivity index (χ4n) is 4.09. The molecule has 0 aliphatic rings. The quantitative estimate of drug-likeness (QED) is 0.307. The van der Waals surface area contributed by atoms with Crippen LogP contribution in [0.2, 0.25) is 0 Å². The number of ether oxygens (including phenoxy) is 2. The minimum absolute atomic E-state index is 0.0244. The number of benzene rings is 3. The van der Waals surface area contributed by atoms with Crippen LogP contribution in [0.4, 0.5) is 10.1 Å². The number of anilines is 1. The highest BCUT2D eigenvalue weighted by Gasteiger charge is 2.28. The Bertz CT molecular complexity index is 1560. The summed E-state index contributed by atoms with van der Waals surface area (Å²) in [5.74, 6) is 0.305. The molecular weight excluding hydrogens is 511 g/mol. The van der Waals surface area contributed by atoms with Crippen molar-refractivity contribution >= 4 is 32.6 Å². The molecule has 1 N–H and O–H groups in total. The first-order valence-corrected chi connectivity index (χ1v) is 13.7. The first kappa shape index (κ1) is 27.0. The number of methoxy groups -OCH3 is 1. The molecule has 0 aliphatic heterocycles. The third-order valence-corrected chi connectivity index (χ3v) is 6.97. The van der Waals surface area contributed by atoms with Gasteiger partial charge in [0, 0.05) is 24.1 Å². The van der Waals surface area contributed by atoms with E-state index in [2.05, 4.69) is 5.32 Å². The number of nitrogens with one attached hydrogen (secondary N) is 1. The number of rotatable bonds is 9. The number of halogens is 1. The molecule has 38 heavy (non-hydrogen) atoms. The second-order valence-corrected chi connectivity index (χ2v) is 10.9. The minimum Gasteiger partial charge on any atom is -0.497 e. The molecule has 3 aromatic carbocycles. The number of furan rings is 1. The summed E-state index contributed by atoms with van der Waals surface area (Å²) in [6.45, 7) is 3.67. The third kappa shape index (κ3) is 5.60. The van der Waals surface area contributed by atoms with Gasteiger partial charge in [-0.3, -0.25) is 9.10 Å². The molecule has 200 valence electrons. The van der Waals surface area contributed by atoms with Crippen LogP contribution in [0.3, 0.4) is 0 Å². The van der Waals surface area contributed by atoms with Crippen LogP contribution >= 0.6 is 0 Å². The lowest BCUT2D eigenvalue weighted by atomic mass is 10.0. The molecule has 1 amide bonds. The van der Waals surface area contributed by atoms with Crippen LogP contribution in [-0.4, -0.2) is 40.8 Å². The van der Waals surface area contributed by atoms with Crippen LogP contribution < -0.4 is 19.1 Å². The van der Waals surface area contributed by atoms with E-state index in [4.69, 9.17) is 13.9 Å². The van der Waals surface area contributed by atoms with E-state index in [9.17, 15) is 17.6 Å². The summed E-state index contributed by atoms with van der Waals surface area (Å²) in [5.41, 5.74) is 1.98. The number of nitrogens with zero attached hydrogens (tertiary/aromatic N) is 1. The molecule has 0 saturated heterocycles. The van der Waals surface area contributed by atoms with Crippen molar-refractivity contribution in [2.75, 3.05) is 24.7 Å². The summed E-state index contributed by atoms with van der Waals surface area (Å²) >= 11 is 0. The Morgan fingerprint density at radius 1 is 1.08 bits per heavy atom. The van der Waals surface area contributed by atoms with Gasteiger partial charge in [0.2, 0.25) is 10.0 Å². The number of fused-ring (bicyclic) bond motifs is 1. The summed E-state index contributed by atoms with van der Waals surface area (Å²) in [6.07, 6.45) is 0.822. The average molecular weight is 541 g/mol. The van der Waals surface area contributed by atoms with E-state index >= 15 is 0 Å². The molecule has 4 rings (SSSR count). The molecule has 0 aliphatic carbocycles. The van der Waals surface area contributed by atoms with E-state index in [1.54, 1.807) is 43.5 Å². The Balaban J connectivity index is 1.95. The molecule has 10 heteroatoms. The zero-order valence-electron chi connectivity index (χ0n) is 21.7. The van der Waals surface area contributed by atoms with Crippen molar-refractivity contribution in [3.05, 3.63) is 77.6 Å². The van der Waals surface area contributed by atoms with Crippen LogP contribution in [0.15, 0.2) is 65.1 Å². The number of amides is 1. The van der Waals surface area contributed by atoms with Crippen LogP contribution in [-0.2, 0) is 16.6 Å². The number of hydrogen-bond acceptors (Lipinski definition) is 6. The monoisotopic (exact) mass is 540 g/mol. The Morgan fingerprint density at radius 3 is 2.29 bits per heavy atom. The van der Waals surface area contributed by atoms with Gasteiger partial charge in [0.05, 0.1) is 37.3 Å². The van der Waals surface area contributed by atoms with Gasteiger partial charge in [0.25, 0.3) is 5.91 Å². The van der Waals surface area contributed by atoms with Crippen LogP contribution in [0.5, 0.6) is 11.5 Å². The van der Waals surface area contributed by atoms with Crippen molar-refractivity contribution in [3.8, 4) is 22.8 Å². The van der Waals surface area contributed by atoms with Crippen molar-refractivity contribution in [1.82, 2.24) is 5.32 Å². The molecule has 0 radical (unpaired) electrons.